The van der Waals surface area contributed by atoms with Crippen LogP contribution in [-0.2, 0) is 11.3 Å². The van der Waals surface area contributed by atoms with E-state index in [4.69, 9.17) is 10.5 Å². The van der Waals surface area contributed by atoms with Gasteiger partial charge in [-0.3, -0.25) is 10.3 Å². The van der Waals surface area contributed by atoms with E-state index < -0.39 is 6.09 Å². The van der Waals surface area contributed by atoms with Crippen LogP contribution in [0.2, 0.25) is 0 Å². The zero-order valence-corrected chi connectivity index (χ0v) is 14.6. The van der Waals surface area contributed by atoms with Gasteiger partial charge < -0.3 is 15.4 Å². The highest BCUT2D eigenvalue weighted by Crippen LogP contribution is 2.21. The van der Waals surface area contributed by atoms with Gasteiger partial charge in [0.15, 0.2) is 5.82 Å². The average Bonchev–Trinajstić information content (AvgIpc) is 2.63. The highest BCUT2D eigenvalue weighted by Gasteiger charge is 2.11. The molecule has 0 saturated carbocycles. The van der Waals surface area contributed by atoms with Gasteiger partial charge >= 0.3 is 6.09 Å². The van der Waals surface area contributed by atoms with Crippen molar-refractivity contribution in [3.05, 3.63) is 48.3 Å². The molecule has 0 atom stereocenters. The van der Waals surface area contributed by atoms with Crippen molar-refractivity contribution < 1.29 is 9.53 Å². The lowest BCUT2D eigenvalue weighted by Gasteiger charge is -2.18. The molecule has 0 bridgehead atoms. The fourth-order valence-corrected chi connectivity index (χ4v) is 2.50. The molecule has 2 heterocycles. The summed E-state index contributed by atoms with van der Waals surface area (Å²) in [5, 5.41) is 2.52. The Kier molecular flexibility index (Phi) is 5.12. The molecule has 0 aliphatic rings. The average molecular weight is 352 g/mol. The van der Waals surface area contributed by atoms with Crippen molar-refractivity contribution in [1.82, 2.24) is 15.0 Å². The second-order valence-electron chi connectivity index (χ2n) is 5.66. The molecular formula is C18H20N6O2. The zero-order chi connectivity index (χ0) is 18.5. The number of nitrogens with zero attached hydrogens (tertiary/aromatic N) is 4. The van der Waals surface area contributed by atoms with Gasteiger partial charge in [0.2, 0.25) is 0 Å². The summed E-state index contributed by atoms with van der Waals surface area (Å²) in [6.45, 7) is 2.57. The van der Waals surface area contributed by atoms with Crippen molar-refractivity contribution in [2.45, 2.75) is 13.5 Å². The number of pyridine rings is 1. The molecule has 26 heavy (non-hydrogen) atoms. The molecule has 0 unspecified atom stereocenters. The second-order valence-corrected chi connectivity index (χ2v) is 5.66. The summed E-state index contributed by atoms with van der Waals surface area (Å²) in [7, 11) is 1.98. The summed E-state index contributed by atoms with van der Waals surface area (Å²) in [5.41, 5.74) is 8.89. The van der Waals surface area contributed by atoms with Gasteiger partial charge in [0, 0.05) is 18.8 Å². The molecule has 8 nitrogen and oxygen atoms in total. The van der Waals surface area contributed by atoms with E-state index in [1.807, 2.05) is 37.4 Å². The van der Waals surface area contributed by atoms with Crippen LogP contribution in [-0.4, -0.2) is 34.7 Å². The predicted molar refractivity (Wildman–Crippen MR) is 101 cm³/mol. The lowest BCUT2D eigenvalue weighted by atomic mass is 10.2. The van der Waals surface area contributed by atoms with Crippen molar-refractivity contribution >= 4 is 34.4 Å². The van der Waals surface area contributed by atoms with Crippen molar-refractivity contribution in [2.75, 3.05) is 29.6 Å². The number of nitrogens with two attached hydrogens (primary N) is 1. The first-order valence-electron chi connectivity index (χ1n) is 8.19. The van der Waals surface area contributed by atoms with Gasteiger partial charge in [0.05, 0.1) is 30.6 Å². The Morgan fingerprint density at radius 3 is 2.77 bits per heavy atom. The van der Waals surface area contributed by atoms with Crippen LogP contribution in [0.4, 0.5) is 22.1 Å². The summed E-state index contributed by atoms with van der Waals surface area (Å²) in [6.07, 6.45) is 1.10. The molecule has 0 aliphatic heterocycles. The van der Waals surface area contributed by atoms with Gasteiger partial charge in [-0.25, -0.2) is 14.8 Å². The minimum atomic E-state index is -0.590. The Balaban J connectivity index is 1.82. The first-order valence-corrected chi connectivity index (χ1v) is 8.19. The largest absolute Gasteiger partial charge is 0.450 e. The lowest BCUT2D eigenvalue weighted by molar-refractivity contribution is 0.168. The number of para-hydroxylation sites is 1. The van der Waals surface area contributed by atoms with Gasteiger partial charge in [0.25, 0.3) is 0 Å². The minimum absolute atomic E-state index is 0.200. The van der Waals surface area contributed by atoms with E-state index in [0.29, 0.717) is 17.6 Å². The Morgan fingerprint density at radius 1 is 1.27 bits per heavy atom. The molecule has 1 amide bonds. The number of amides is 1. The third-order valence-electron chi connectivity index (χ3n) is 3.71. The standard InChI is InChI=1S/C18H20N6O2/c1-3-26-18(25)23-15-9-14-16(17(19)22-15)21-12(10-20-14)11-24(2)13-7-5-4-6-8-13/h4-10H,3,11H2,1-2H3,(H3,19,22,23,25). The van der Waals surface area contributed by atoms with Crippen LogP contribution in [0.5, 0.6) is 0 Å². The van der Waals surface area contributed by atoms with Crippen molar-refractivity contribution in [3.8, 4) is 0 Å². The van der Waals surface area contributed by atoms with Crippen molar-refractivity contribution in [2.24, 2.45) is 0 Å². The molecule has 3 aromatic rings. The van der Waals surface area contributed by atoms with E-state index in [9.17, 15) is 4.79 Å². The Morgan fingerprint density at radius 2 is 2.04 bits per heavy atom. The van der Waals surface area contributed by atoms with E-state index in [0.717, 1.165) is 11.4 Å². The van der Waals surface area contributed by atoms with Crippen LogP contribution in [0, 0.1) is 0 Å². The molecule has 0 radical (unpaired) electrons. The van der Waals surface area contributed by atoms with Crippen LogP contribution in [0.25, 0.3) is 11.0 Å². The maximum absolute atomic E-state index is 11.5. The molecular weight excluding hydrogens is 332 g/mol. The zero-order valence-electron chi connectivity index (χ0n) is 14.6. The number of benzene rings is 1. The Labute approximate surface area is 151 Å². The SMILES string of the molecule is CCOC(=O)Nc1cc2ncc(CN(C)c3ccccc3)nc2c(N)n1. The normalized spacial score (nSPS) is 10.5. The molecule has 0 spiro atoms. The predicted octanol–water partition coefficient (Wildman–Crippen LogP) is 2.81. The van der Waals surface area contributed by atoms with Crippen LogP contribution in [0.3, 0.4) is 0 Å². The molecule has 0 fully saturated rings. The Bertz CT molecular complexity index is 916. The molecule has 3 rings (SSSR count). The number of fused-ring (bicyclic) bond motifs is 1. The molecule has 3 N–H and O–H groups in total. The number of hydrogen-bond acceptors (Lipinski definition) is 7. The third kappa shape index (κ3) is 3.97. The second kappa shape index (κ2) is 7.64. The van der Waals surface area contributed by atoms with Gasteiger partial charge in [0.1, 0.15) is 11.3 Å². The minimum Gasteiger partial charge on any atom is -0.450 e. The van der Waals surface area contributed by atoms with E-state index in [1.54, 1.807) is 19.2 Å². The Hall–Kier alpha value is -3.42. The molecule has 8 heteroatoms. The number of carbonyl (C=O) groups is 1. The number of anilines is 3. The number of rotatable bonds is 5. The summed E-state index contributed by atoms with van der Waals surface area (Å²) in [6, 6.07) is 11.6. The quantitative estimate of drug-likeness (QED) is 0.727. The molecule has 134 valence electrons. The molecule has 2 aromatic heterocycles. The fraction of sp³-hybridized carbons (Fsp3) is 0.222. The van der Waals surface area contributed by atoms with E-state index in [1.165, 1.54) is 0 Å². The van der Waals surface area contributed by atoms with Gasteiger partial charge in [-0.2, -0.15) is 0 Å². The van der Waals surface area contributed by atoms with Crippen molar-refractivity contribution in [3.63, 3.8) is 0 Å². The summed E-state index contributed by atoms with van der Waals surface area (Å²) in [5.74, 6) is 0.475. The lowest BCUT2D eigenvalue weighted by Crippen LogP contribution is -2.17. The maximum Gasteiger partial charge on any atom is 0.412 e. The summed E-state index contributed by atoms with van der Waals surface area (Å²) >= 11 is 0. The van der Waals surface area contributed by atoms with Crippen LogP contribution < -0.4 is 16.0 Å². The van der Waals surface area contributed by atoms with Crippen molar-refractivity contribution in [1.29, 1.82) is 0 Å². The first-order chi connectivity index (χ1) is 12.6. The van der Waals surface area contributed by atoms with E-state index in [2.05, 4.69) is 25.2 Å². The topological polar surface area (TPSA) is 106 Å². The highest BCUT2D eigenvalue weighted by atomic mass is 16.5. The number of nitrogen functional groups attached to an aromatic ring is 1. The summed E-state index contributed by atoms with van der Waals surface area (Å²) in [4.78, 5) is 26.7. The fourth-order valence-electron chi connectivity index (χ4n) is 2.50. The molecule has 1 aromatic carbocycles. The van der Waals surface area contributed by atoms with Crippen LogP contribution in [0.15, 0.2) is 42.6 Å². The third-order valence-corrected chi connectivity index (χ3v) is 3.71. The van der Waals surface area contributed by atoms with Crippen LogP contribution in [0.1, 0.15) is 12.6 Å². The number of carbonyl (C=O) groups excluding carboxylic acids is 1. The summed E-state index contributed by atoms with van der Waals surface area (Å²) < 4.78 is 4.83. The smallest absolute Gasteiger partial charge is 0.412 e. The monoisotopic (exact) mass is 352 g/mol. The van der Waals surface area contributed by atoms with Gasteiger partial charge in [-0.15, -0.1) is 0 Å². The van der Waals surface area contributed by atoms with Gasteiger partial charge in [-0.1, -0.05) is 18.2 Å². The van der Waals surface area contributed by atoms with Crippen LogP contribution >= 0.6 is 0 Å². The van der Waals surface area contributed by atoms with Gasteiger partial charge in [-0.05, 0) is 19.1 Å². The van der Waals surface area contributed by atoms with E-state index in [-0.39, 0.29) is 18.2 Å². The number of ether oxygens (including phenoxy) is 1. The molecule has 0 aliphatic carbocycles. The molecule has 0 saturated heterocycles. The first kappa shape index (κ1) is 17.4. The highest BCUT2D eigenvalue weighted by molar-refractivity contribution is 5.90. The number of aromatic nitrogens is 3. The number of nitrogens with one attached hydrogen (secondary N) is 1. The van der Waals surface area contributed by atoms with E-state index >= 15 is 0 Å². The number of hydrogen-bond donors (Lipinski definition) is 2. The maximum atomic E-state index is 11.5.